The van der Waals surface area contributed by atoms with E-state index in [1.807, 2.05) is 36.4 Å². The number of H-pyrrole nitrogens is 1. The number of aromatic amines is 1. The molecule has 112 valence electrons. The van der Waals surface area contributed by atoms with Gasteiger partial charge in [0, 0.05) is 5.56 Å². The molecule has 0 aliphatic rings. The van der Waals surface area contributed by atoms with Gasteiger partial charge in [-0.3, -0.25) is 0 Å². The molecule has 0 atom stereocenters. The van der Waals surface area contributed by atoms with Crippen LogP contribution in [0.1, 0.15) is 5.82 Å². The number of nitrogens with zero attached hydrogens (tertiary/aromatic N) is 1. The third kappa shape index (κ3) is 3.29. The summed E-state index contributed by atoms with van der Waals surface area (Å²) < 4.78 is 5.18. The Morgan fingerprint density at radius 2 is 1.81 bits per heavy atom. The highest BCUT2D eigenvalue weighted by Gasteiger charge is 2.08. The van der Waals surface area contributed by atoms with Gasteiger partial charge in [-0.25, -0.2) is 4.98 Å². The van der Waals surface area contributed by atoms with Gasteiger partial charge in [0.15, 0.2) is 0 Å². The van der Waals surface area contributed by atoms with E-state index < -0.39 is 0 Å². The van der Waals surface area contributed by atoms with Crippen LogP contribution in [0.25, 0.3) is 22.2 Å². The van der Waals surface area contributed by atoms with E-state index in [1.165, 1.54) is 0 Å². The number of hydrogen-bond acceptors (Lipinski definition) is 3. The van der Waals surface area contributed by atoms with Gasteiger partial charge < -0.3 is 15.5 Å². The van der Waals surface area contributed by atoms with Gasteiger partial charge in [-0.2, -0.15) is 0 Å². The Morgan fingerprint density at radius 3 is 2.43 bits per heavy atom. The van der Waals surface area contributed by atoms with Crippen molar-refractivity contribution in [2.24, 2.45) is 5.73 Å². The lowest BCUT2D eigenvalue weighted by Crippen LogP contribution is -1.97. The first-order chi connectivity index (χ1) is 9.31. The molecule has 0 spiro atoms. The second kappa shape index (κ2) is 7.31. The van der Waals surface area contributed by atoms with Crippen molar-refractivity contribution in [2.45, 2.75) is 6.54 Å². The number of halogens is 2. The fourth-order valence-electron chi connectivity index (χ4n) is 2.18. The zero-order valence-electron chi connectivity index (χ0n) is 11.5. The Bertz CT molecular complexity index is 711. The monoisotopic (exact) mass is 325 g/mol. The predicted molar refractivity (Wildman–Crippen MR) is 90.5 cm³/mol. The molecule has 0 unspecified atom stereocenters. The molecule has 0 aliphatic heterocycles. The first-order valence-corrected chi connectivity index (χ1v) is 6.14. The molecule has 3 N–H and O–H groups in total. The molecule has 6 heteroatoms. The van der Waals surface area contributed by atoms with E-state index in [0.717, 1.165) is 33.7 Å². The number of aromatic nitrogens is 2. The number of para-hydroxylation sites is 1. The van der Waals surface area contributed by atoms with Crippen molar-refractivity contribution in [3.8, 4) is 16.9 Å². The first-order valence-electron chi connectivity index (χ1n) is 6.14. The summed E-state index contributed by atoms with van der Waals surface area (Å²) in [6.45, 7) is 0.413. The first kappa shape index (κ1) is 17.3. The van der Waals surface area contributed by atoms with Crippen molar-refractivity contribution in [2.75, 3.05) is 7.11 Å². The lowest BCUT2D eigenvalue weighted by Gasteiger charge is -2.04. The Labute approximate surface area is 135 Å². The maximum atomic E-state index is 5.63. The molecule has 1 heterocycles. The van der Waals surface area contributed by atoms with Gasteiger partial charge in [0.05, 0.1) is 24.7 Å². The normalized spacial score (nSPS) is 9.81. The van der Waals surface area contributed by atoms with Crippen molar-refractivity contribution in [3.63, 3.8) is 0 Å². The van der Waals surface area contributed by atoms with Gasteiger partial charge in [-0.05, 0) is 23.8 Å². The molecule has 0 bridgehead atoms. The van der Waals surface area contributed by atoms with Crippen LogP contribution in [0, 0.1) is 0 Å². The maximum Gasteiger partial charge on any atom is 0.121 e. The number of methoxy groups -OCH3 is 1. The minimum atomic E-state index is 0. The number of nitrogens with one attached hydrogen (secondary N) is 1. The number of imidazole rings is 1. The highest BCUT2D eigenvalue weighted by Crippen LogP contribution is 2.28. The summed E-state index contributed by atoms with van der Waals surface area (Å²) in [5, 5.41) is 0. The lowest BCUT2D eigenvalue weighted by atomic mass is 10.0. The Kier molecular flexibility index (Phi) is 6.03. The average molecular weight is 326 g/mol. The molecule has 0 fully saturated rings. The zero-order valence-corrected chi connectivity index (χ0v) is 13.1. The van der Waals surface area contributed by atoms with E-state index >= 15 is 0 Å². The molecule has 4 nitrogen and oxygen atoms in total. The molecule has 0 radical (unpaired) electrons. The Balaban J connectivity index is 0.00000110. The molecule has 3 rings (SSSR count). The maximum absolute atomic E-state index is 5.63. The summed E-state index contributed by atoms with van der Waals surface area (Å²) in [7, 11) is 1.66. The van der Waals surface area contributed by atoms with E-state index in [2.05, 4.69) is 16.0 Å². The third-order valence-corrected chi connectivity index (χ3v) is 3.16. The van der Waals surface area contributed by atoms with Crippen LogP contribution in [0.4, 0.5) is 0 Å². The summed E-state index contributed by atoms with van der Waals surface area (Å²) in [4.78, 5) is 7.76. The number of hydrogen-bond donors (Lipinski definition) is 2. The van der Waals surface area contributed by atoms with Crippen LogP contribution in [0.2, 0.25) is 0 Å². The minimum absolute atomic E-state index is 0. The van der Waals surface area contributed by atoms with E-state index in [1.54, 1.807) is 7.11 Å². The molecular formula is C15H17Cl2N3O. The van der Waals surface area contributed by atoms with E-state index in [-0.39, 0.29) is 24.8 Å². The molecule has 0 aliphatic carbocycles. The summed E-state index contributed by atoms with van der Waals surface area (Å²) in [5.74, 6) is 1.65. The van der Waals surface area contributed by atoms with Crippen molar-refractivity contribution in [1.29, 1.82) is 0 Å². The largest absolute Gasteiger partial charge is 0.497 e. The zero-order chi connectivity index (χ0) is 13.2. The van der Waals surface area contributed by atoms with Crippen molar-refractivity contribution >= 4 is 35.8 Å². The smallest absolute Gasteiger partial charge is 0.121 e. The van der Waals surface area contributed by atoms with Crippen molar-refractivity contribution in [1.82, 2.24) is 9.97 Å². The quantitative estimate of drug-likeness (QED) is 0.774. The summed E-state index contributed by atoms with van der Waals surface area (Å²) >= 11 is 0. The van der Waals surface area contributed by atoms with Gasteiger partial charge in [-0.1, -0.05) is 24.3 Å². The molecule has 0 saturated heterocycles. The van der Waals surface area contributed by atoms with Gasteiger partial charge in [0.1, 0.15) is 11.6 Å². The summed E-state index contributed by atoms with van der Waals surface area (Å²) in [6.07, 6.45) is 0. The van der Waals surface area contributed by atoms with Crippen LogP contribution in [0.3, 0.4) is 0 Å². The standard InChI is InChI=1S/C15H15N3O.2ClH/c1-19-11-7-5-10(6-8-11)12-3-2-4-13-15(12)18-14(9-16)17-13;;/h2-8H,9,16H2,1H3,(H,17,18);2*1H. The third-order valence-electron chi connectivity index (χ3n) is 3.16. The molecule has 1 aromatic heterocycles. The highest BCUT2D eigenvalue weighted by molar-refractivity contribution is 5.92. The van der Waals surface area contributed by atoms with Gasteiger partial charge >= 0.3 is 0 Å². The van der Waals surface area contributed by atoms with Gasteiger partial charge in [0.25, 0.3) is 0 Å². The van der Waals surface area contributed by atoms with Crippen LogP contribution < -0.4 is 10.5 Å². The number of nitrogens with two attached hydrogens (primary N) is 1. The number of benzene rings is 2. The van der Waals surface area contributed by atoms with Crippen LogP contribution >= 0.6 is 24.8 Å². The van der Waals surface area contributed by atoms with Gasteiger partial charge in [0.2, 0.25) is 0 Å². The predicted octanol–water partition coefficient (Wildman–Crippen LogP) is 3.54. The molecular weight excluding hydrogens is 309 g/mol. The Hall–Kier alpha value is -1.75. The summed E-state index contributed by atoms with van der Waals surface area (Å²) in [5.41, 5.74) is 9.80. The molecule has 21 heavy (non-hydrogen) atoms. The fourth-order valence-corrected chi connectivity index (χ4v) is 2.18. The van der Waals surface area contributed by atoms with Crippen molar-refractivity contribution in [3.05, 3.63) is 48.3 Å². The molecule has 0 amide bonds. The number of rotatable bonds is 3. The highest BCUT2D eigenvalue weighted by atomic mass is 35.5. The SMILES string of the molecule is COc1ccc(-c2cccc3[nH]c(CN)nc23)cc1.Cl.Cl. The van der Waals surface area contributed by atoms with Crippen LogP contribution in [0.5, 0.6) is 5.75 Å². The topological polar surface area (TPSA) is 63.9 Å². The fraction of sp³-hybridized carbons (Fsp3) is 0.133. The Morgan fingerprint density at radius 1 is 1.10 bits per heavy atom. The van der Waals surface area contributed by atoms with E-state index in [0.29, 0.717) is 6.54 Å². The van der Waals surface area contributed by atoms with Crippen LogP contribution in [-0.4, -0.2) is 17.1 Å². The number of fused-ring (bicyclic) bond motifs is 1. The van der Waals surface area contributed by atoms with E-state index in [4.69, 9.17) is 10.5 Å². The average Bonchev–Trinajstić information content (AvgIpc) is 2.90. The molecule has 3 aromatic rings. The van der Waals surface area contributed by atoms with Crippen LogP contribution in [0.15, 0.2) is 42.5 Å². The van der Waals surface area contributed by atoms with E-state index in [9.17, 15) is 0 Å². The molecule has 0 saturated carbocycles. The number of ether oxygens (including phenoxy) is 1. The van der Waals surface area contributed by atoms with Gasteiger partial charge in [-0.15, -0.1) is 24.8 Å². The lowest BCUT2D eigenvalue weighted by molar-refractivity contribution is 0.415. The second-order valence-corrected chi connectivity index (χ2v) is 4.32. The molecule has 2 aromatic carbocycles. The van der Waals surface area contributed by atoms with Crippen LogP contribution in [-0.2, 0) is 6.54 Å². The van der Waals surface area contributed by atoms with Crippen molar-refractivity contribution < 1.29 is 4.74 Å². The minimum Gasteiger partial charge on any atom is -0.497 e. The second-order valence-electron chi connectivity index (χ2n) is 4.32. The summed E-state index contributed by atoms with van der Waals surface area (Å²) in [6, 6.07) is 14.0.